The van der Waals surface area contributed by atoms with E-state index >= 15 is 0 Å². The lowest BCUT2D eigenvalue weighted by atomic mass is 9.85. The molecule has 1 aromatic heterocycles. The minimum absolute atomic E-state index is 0.965. The van der Waals surface area contributed by atoms with Gasteiger partial charge in [0.1, 0.15) is 0 Å². The van der Waals surface area contributed by atoms with Crippen LogP contribution < -0.4 is 5.32 Å². The molecule has 0 unspecified atom stereocenters. The molecule has 2 nitrogen and oxygen atoms in total. The molecule has 0 saturated heterocycles. The zero-order chi connectivity index (χ0) is 9.80. The lowest BCUT2D eigenvalue weighted by molar-refractivity contribution is 0.302. The monoisotopic (exact) mass is 210 g/mol. The van der Waals surface area contributed by atoms with Crippen LogP contribution >= 0.6 is 11.3 Å². The Kier molecular flexibility index (Phi) is 3.54. The summed E-state index contributed by atoms with van der Waals surface area (Å²) >= 11 is 1.75. The summed E-state index contributed by atoms with van der Waals surface area (Å²) in [4.78, 5) is 4.44. The molecule has 0 spiro atoms. The smallest absolute Gasteiger partial charge is 0.0897 e. The summed E-state index contributed by atoms with van der Waals surface area (Å²) < 4.78 is 0. The summed E-state index contributed by atoms with van der Waals surface area (Å²) in [6.45, 7) is 4.36. The van der Waals surface area contributed by atoms with Crippen LogP contribution in [0, 0.1) is 12.8 Å². The molecule has 0 bridgehead atoms. The number of aromatic nitrogens is 1. The third-order valence-corrected chi connectivity index (χ3v) is 3.70. The van der Waals surface area contributed by atoms with Crippen LogP contribution in [0.3, 0.4) is 0 Å². The van der Waals surface area contributed by atoms with Crippen LogP contribution in [-0.4, -0.2) is 18.1 Å². The van der Waals surface area contributed by atoms with E-state index in [4.69, 9.17) is 0 Å². The molecular formula is C11H18N2S. The Balaban J connectivity index is 1.58. The average Bonchev–Trinajstić information content (AvgIpc) is 2.48. The van der Waals surface area contributed by atoms with E-state index in [1.807, 2.05) is 0 Å². The van der Waals surface area contributed by atoms with E-state index in [-0.39, 0.29) is 0 Å². The minimum atomic E-state index is 0.965. The molecular weight excluding hydrogens is 192 g/mol. The number of hydrogen-bond donors (Lipinski definition) is 1. The lowest BCUT2D eigenvalue weighted by Gasteiger charge is -2.25. The third-order valence-electron chi connectivity index (χ3n) is 2.88. The topological polar surface area (TPSA) is 24.9 Å². The van der Waals surface area contributed by atoms with Crippen LogP contribution in [0.1, 0.15) is 30.0 Å². The van der Waals surface area contributed by atoms with Crippen molar-refractivity contribution in [1.29, 1.82) is 0 Å². The van der Waals surface area contributed by atoms with Gasteiger partial charge in [-0.1, -0.05) is 6.42 Å². The van der Waals surface area contributed by atoms with Crippen molar-refractivity contribution in [2.75, 3.05) is 13.1 Å². The second-order valence-electron chi connectivity index (χ2n) is 4.11. The van der Waals surface area contributed by atoms with Crippen LogP contribution in [0.25, 0.3) is 0 Å². The number of rotatable bonds is 5. The zero-order valence-electron chi connectivity index (χ0n) is 8.75. The Morgan fingerprint density at radius 3 is 3.00 bits per heavy atom. The largest absolute Gasteiger partial charge is 0.316 e. The second-order valence-corrected chi connectivity index (χ2v) is 5.17. The van der Waals surface area contributed by atoms with Gasteiger partial charge in [-0.15, -0.1) is 11.3 Å². The molecule has 0 atom stereocenters. The zero-order valence-corrected chi connectivity index (χ0v) is 9.57. The van der Waals surface area contributed by atoms with Crippen molar-refractivity contribution in [3.8, 4) is 0 Å². The summed E-state index contributed by atoms with van der Waals surface area (Å²) in [5, 5.41) is 6.86. The van der Waals surface area contributed by atoms with Crippen LogP contribution in [0.15, 0.2) is 5.38 Å². The van der Waals surface area contributed by atoms with Gasteiger partial charge >= 0.3 is 0 Å². The molecule has 1 aliphatic rings. The van der Waals surface area contributed by atoms with Crippen molar-refractivity contribution in [3.63, 3.8) is 0 Å². The van der Waals surface area contributed by atoms with Crippen molar-refractivity contribution in [2.24, 2.45) is 5.92 Å². The van der Waals surface area contributed by atoms with Crippen molar-refractivity contribution < 1.29 is 0 Å². The van der Waals surface area contributed by atoms with E-state index in [2.05, 4.69) is 22.6 Å². The average molecular weight is 210 g/mol. The Hall–Kier alpha value is -0.410. The lowest BCUT2D eigenvalue weighted by Crippen LogP contribution is -2.28. The number of aryl methyl sites for hydroxylation is 1. The minimum Gasteiger partial charge on any atom is -0.316 e. The first-order valence-corrected chi connectivity index (χ1v) is 6.34. The molecule has 1 aromatic rings. The van der Waals surface area contributed by atoms with Crippen LogP contribution in [-0.2, 0) is 6.42 Å². The van der Waals surface area contributed by atoms with Crippen molar-refractivity contribution >= 4 is 11.3 Å². The van der Waals surface area contributed by atoms with Gasteiger partial charge in [0, 0.05) is 18.3 Å². The maximum atomic E-state index is 4.44. The molecule has 1 N–H and O–H groups in total. The Morgan fingerprint density at radius 2 is 2.43 bits per heavy atom. The molecule has 0 aliphatic heterocycles. The molecule has 0 amide bonds. The van der Waals surface area contributed by atoms with E-state index < -0.39 is 0 Å². The summed E-state index contributed by atoms with van der Waals surface area (Å²) in [5.74, 6) is 0.965. The van der Waals surface area contributed by atoms with Gasteiger partial charge < -0.3 is 5.32 Å². The van der Waals surface area contributed by atoms with Crippen LogP contribution in [0.2, 0.25) is 0 Å². The molecule has 1 fully saturated rings. The predicted octanol–water partition coefficient (Wildman–Crippen LogP) is 2.38. The van der Waals surface area contributed by atoms with Gasteiger partial charge in [0.05, 0.1) is 10.7 Å². The van der Waals surface area contributed by atoms with Gasteiger partial charge in [0.2, 0.25) is 0 Å². The highest BCUT2D eigenvalue weighted by Gasteiger charge is 2.16. The highest BCUT2D eigenvalue weighted by molar-refractivity contribution is 7.09. The Bertz CT molecular complexity index is 279. The first-order valence-electron chi connectivity index (χ1n) is 5.46. The van der Waals surface area contributed by atoms with Crippen molar-refractivity contribution in [3.05, 3.63) is 16.1 Å². The van der Waals surface area contributed by atoms with E-state index in [1.165, 1.54) is 36.5 Å². The van der Waals surface area contributed by atoms with E-state index in [0.29, 0.717) is 0 Å². The maximum absolute atomic E-state index is 4.44. The molecule has 1 saturated carbocycles. The van der Waals surface area contributed by atoms with Gasteiger partial charge in [0.15, 0.2) is 0 Å². The number of nitrogens with one attached hydrogen (secondary N) is 1. The molecule has 1 aliphatic carbocycles. The van der Waals surface area contributed by atoms with Crippen LogP contribution in [0.4, 0.5) is 0 Å². The molecule has 2 rings (SSSR count). The predicted molar refractivity (Wildman–Crippen MR) is 60.8 cm³/mol. The van der Waals surface area contributed by atoms with Gasteiger partial charge in [0.25, 0.3) is 0 Å². The first-order chi connectivity index (χ1) is 6.84. The fourth-order valence-electron chi connectivity index (χ4n) is 1.74. The fourth-order valence-corrected chi connectivity index (χ4v) is 2.39. The second kappa shape index (κ2) is 4.89. The molecule has 0 radical (unpaired) electrons. The standard InChI is InChI=1S/C11H18N2S/c1-9-13-11(8-14-9)5-6-12-7-10-3-2-4-10/h8,10,12H,2-7H2,1H3. The van der Waals surface area contributed by atoms with E-state index in [1.54, 1.807) is 11.3 Å². The van der Waals surface area contributed by atoms with Gasteiger partial charge in [-0.25, -0.2) is 4.98 Å². The molecule has 14 heavy (non-hydrogen) atoms. The van der Waals surface area contributed by atoms with E-state index in [9.17, 15) is 0 Å². The molecule has 78 valence electrons. The molecule has 0 aromatic carbocycles. The third kappa shape index (κ3) is 2.79. The Morgan fingerprint density at radius 1 is 1.57 bits per heavy atom. The van der Waals surface area contributed by atoms with Crippen LogP contribution in [0.5, 0.6) is 0 Å². The molecule has 1 heterocycles. The Labute approximate surface area is 89.8 Å². The van der Waals surface area contributed by atoms with Crippen molar-refractivity contribution in [2.45, 2.75) is 32.6 Å². The maximum Gasteiger partial charge on any atom is 0.0897 e. The van der Waals surface area contributed by atoms with Crippen molar-refractivity contribution in [1.82, 2.24) is 10.3 Å². The summed E-state index contributed by atoms with van der Waals surface area (Å²) in [6.07, 6.45) is 5.39. The first kappa shape index (κ1) is 10.1. The summed E-state index contributed by atoms with van der Waals surface area (Å²) in [7, 11) is 0. The normalized spacial score (nSPS) is 16.9. The number of hydrogen-bond acceptors (Lipinski definition) is 3. The summed E-state index contributed by atoms with van der Waals surface area (Å²) in [5.41, 5.74) is 1.24. The number of thiazole rings is 1. The van der Waals surface area contributed by atoms with Gasteiger partial charge in [-0.3, -0.25) is 0 Å². The van der Waals surface area contributed by atoms with E-state index in [0.717, 1.165) is 18.9 Å². The SMILES string of the molecule is Cc1nc(CCNCC2CCC2)cs1. The summed E-state index contributed by atoms with van der Waals surface area (Å²) in [6, 6.07) is 0. The highest BCUT2D eigenvalue weighted by Crippen LogP contribution is 2.25. The highest BCUT2D eigenvalue weighted by atomic mass is 32.1. The van der Waals surface area contributed by atoms with Gasteiger partial charge in [-0.05, 0) is 32.2 Å². The van der Waals surface area contributed by atoms with Gasteiger partial charge in [-0.2, -0.15) is 0 Å². The number of nitrogens with zero attached hydrogens (tertiary/aromatic N) is 1. The molecule has 3 heteroatoms. The fraction of sp³-hybridized carbons (Fsp3) is 0.727. The quantitative estimate of drug-likeness (QED) is 0.755.